The first-order chi connectivity index (χ1) is 21.2. The van der Waals surface area contributed by atoms with Gasteiger partial charge in [0.15, 0.2) is 0 Å². The summed E-state index contributed by atoms with van der Waals surface area (Å²) >= 11 is 0. The first kappa shape index (κ1) is 41.7. The van der Waals surface area contributed by atoms with E-state index in [1.807, 2.05) is 12.1 Å². The molecule has 0 aliphatic carbocycles. The molecule has 0 saturated carbocycles. The maximum Gasteiger partial charge on any atom is 0.404 e. The molecule has 2 nitrogen and oxygen atoms in total. The number of hydrogen-bond donors (Lipinski definition) is 0. The molecular formula is C35H70FNOSi8. The number of hydrogen-bond acceptors (Lipinski definition) is 1. The molecule has 0 radical (unpaired) electrons. The van der Waals surface area contributed by atoms with Gasteiger partial charge in [0.1, 0.15) is 0 Å². The van der Waals surface area contributed by atoms with E-state index in [0.29, 0.717) is 5.69 Å². The molecule has 0 aromatic heterocycles. The molecule has 0 aliphatic rings. The third kappa shape index (κ3) is 13.1. The lowest BCUT2D eigenvalue weighted by atomic mass is 10.3. The van der Waals surface area contributed by atoms with Gasteiger partial charge in [-0.2, -0.15) is 0 Å². The first-order valence-corrected chi connectivity index (χ1v) is 42.9. The normalized spacial score (nSPS) is 13.3. The van der Waals surface area contributed by atoms with Crippen molar-refractivity contribution >= 4 is 89.7 Å². The van der Waals surface area contributed by atoms with Gasteiger partial charge >= 0.3 is 6.16 Å². The standard InChI is InChI=1S/C35H70FNOSi8/c1-37(35(36)38)32-18-17-21-34(26-32)44(12,13)23-22-43(10,11)31-45(27-39(2)3,28-40(4)5)24-25-46(29-41(6)7,30-42(8)9)33-19-15-14-16-20-33/h14-21,26,39-42H,22-25,27-31H2,1-13H3. The molecule has 1 amide bonds. The number of carbonyl (C=O) groups excluding carboxylic acids is 1. The minimum atomic E-state index is -1.75. The zero-order valence-electron chi connectivity index (χ0n) is 32.1. The quantitative estimate of drug-likeness (QED) is 0.0794. The van der Waals surface area contributed by atoms with Crippen molar-refractivity contribution in [2.45, 2.75) is 131 Å². The Hall–Kier alpha value is -0.425. The Balaban J connectivity index is 2.45. The number of amides is 1. The van der Waals surface area contributed by atoms with Gasteiger partial charge in [0.05, 0.1) is 16.1 Å². The molecule has 0 spiro atoms. The lowest BCUT2D eigenvalue weighted by Gasteiger charge is -2.44. The molecule has 0 bridgehead atoms. The molecule has 2 rings (SSSR count). The van der Waals surface area contributed by atoms with Gasteiger partial charge in [0.25, 0.3) is 0 Å². The minimum absolute atomic E-state index is 0.678. The van der Waals surface area contributed by atoms with Gasteiger partial charge in [-0.25, -0.2) is 4.79 Å². The summed E-state index contributed by atoms with van der Waals surface area (Å²) in [5.74, 6) is 0. The van der Waals surface area contributed by atoms with Gasteiger partial charge in [0, 0.05) is 64.1 Å². The molecular weight excluding hydrogens is 694 g/mol. The Morgan fingerprint density at radius 1 is 0.652 bits per heavy atom. The van der Waals surface area contributed by atoms with Crippen LogP contribution in [0.5, 0.6) is 0 Å². The molecule has 0 N–H and O–H groups in total. The molecule has 0 aliphatic heterocycles. The van der Waals surface area contributed by atoms with Gasteiger partial charge in [-0.05, 0) is 12.1 Å². The van der Waals surface area contributed by atoms with Crippen LogP contribution in [0, 0.1) is 0 Å². The number of rotatable bonds is 19. The van der Waals surface area contributed by atoms with E-state index >= 15 is 0 Å². The van der Waals surface area contributed by atoms with Crippen LogP contribution in [-0.4, -0.2) is 80.7 Å². The number of halogens is 1. The van der Waals surface area contributed by atoms with Crippen LogP contribution in [0.1, 0.15) is 0 Å². The highest BCUT2D eigenvalue weighted by molar-refractivity contribution is 7.07. The van der Waals surface area contributed by atoms with Crippen LogP contribution in [-0.2, 0) is 0 Å². The SMILES string of the molecule is CN(C(=O)F)c1cccc([Si](C)(C)CC[Si](C)(C)C[Si](CC[Si](C[SiH](C)C)(C[SiH](C)C)c2ccccc2)(C[SiH](C)C)C[SiH](C)C)c1. The van der Waals surface area contributed by atoms with Crippen molar-refractivity contribution in [1.29, 1.82) is 0 Å². The second-order valence-electron chi connectivity index (χ2n) is 18.1. The van der Waals surface area contributed by atoms with E-state index in [1.54, 1.807) is 45.6 Å². The Bertz CT molecular complexity index is 1200. The molecule has 2 aromatic carbocycles. The van der Waals surface area contributed by atoms with Gasteiger partial charge in [-0.15, -0.1) is 4.39 Å². The molecule has 0 saturated heterocycles. The van der Waals surface area contributed by atoms with E-state index in [4.69, 9.17) is 0 Å². The van der Waals surface area contributed by atoms with Crippen molar-refractivity contribution in [1.82, 2.24) is 0 Å². The summed E-state index contributed by atoms with van der Waals surface area (Å²) in [5, 5.41) is 3.15. The van der Waals surface area contributed by atoms with Crippen molar-refractivity contribution in [2.24, 2.45) is 0 Å². The van der Waals surface area contributed by atoms with Gasteiger partial charge < -0.3 is 0 Å². The molecule has 260 valence electrons. The van der Waals surface area contributed by atoms with Crippen LogP contribution in [0.3, 0.4) is 0 Å². The lowest BCUT2D eigenvalue weighted by Crippen LogP contribution is -2.55. The topological polar surface area (TPSA) is 20.3 Å². The van der Waals surface area contributed by atoms with E-state index in [0.717, 1.165) is 4.90 Å². The summed E-state index contributed by atoms with van der Waals surface area (Å²) in [6.45, 7) is 31.6. The zero-order valence-corrected chi connectivity index (χ0v) is 40.7. The first-order valence-electron chi connectivity index (χ1n) is 18.3. The third-order valence-electron chi connectivity index (χ3n) is 10.4. The molecule has 0 fully saturated rings. The van der Waals surface area contributed by atoms with Crippen molar-refractivity contribution < 1.29 is 9.18 Å². The van der Waals surface area contributed by atoms with Crippen LogP contribution in [0.2, 0.25) is 131 Å². The average Bonchev–Trinajstić information content (AvgIpc) is 2.93. The zero-order chi connectivity index (χ0) is 34.9. The van der Waals surface area contributed by atoms with Crippen LogP contribution in [0.15, 0.2) is 54.6 Å². The lowest BCUT2D eigenvalue weighted by molar-refractivity contribution is 0.229. The summed E-state index contributed by atoms with van der Waals surface area (Å²) in [6, 6.07) is 26.2. The van der Waals surface area contributed by atoms with E-state index in [2.05, 4.69) is 121 Å². The van der Waals surface area contributed by atoms with E-state index in [1.165, 1.54) is 24.3 Å². The Morgan fingerprint density at radius 3 is 1.63 bits per heavy atom. The summed E-state index contributed by atoms with van der Waals surface area (Å²) in [4.78, 5) is 12.6. The largest absolute Gasteiger partial charge is 0.404 e. The number of carbonyl (C=O) groups is 1. The van der Waals surface area contributed by atoms with Crippen molar-refractivity contribution in [3.8, 4) is 0 Å². The molecule has 0 unspecified atom stereocenters. The smallest absolute Gasteiger partial charge is 0.287 e. The van der Waals surface area contributed by atoms with Crippen LogP contribution in [0.25, 0.3) is 0 Å². The van der Waals surface area contributed by atoms with Crippen molar-refractivity contribution in [3.05, 3.63) is 54.6 Å². The predicted octanol–water partition coefficient (Wildman–Crippen LogP) is 9.28. The number of nitrogens with zero attached hydrogens (tertiary/aromatic N) is 1. The monoisotopic (exact) mass is 763 g/mol. The summed E-state index contributed by atoms with van der Waals surface area (Å²) in [6.07, 6.45) is -1.39. The highest BCUT2D eigenvalue weighted by Gasteiger charge is 2.44. The maximum atomic E-state index is 13.5. The average molecular weight is 765 g/mol. The Kier molecular flexibility index (Phi) is 16.3. The molecule has 0 heterocycles. The van der Waals surface area contributed by atoms with E-state index in [9.17, 15) is 9.18 Å². The molecule has 46 heavy (non-hydrogen) atoms. The number of benzene rings is 2. The van der Waals surface area contributed by atoms with Crippen molar-refractivity contribution in [3.63, 3.8) is 0 Å². The van der Waals surface area contributed by atoms with E-state index in [-0.39, 0.29) is 0 Å². The second-order valence-corrected chi connectivity index (χ2v) is 54.0. The summed E-state index contributed by atoms with van der Waals surface area (Å²) < 4.78 is 13.5. The second kappa shape index (κ2) is 18.0. The van der Waals surface area contributed by atoms with Gasteiger partial charge in [-0.1, -0.05) is 184 Å². The summed E-state index contributed by atoms with van der Waals surface area (Å²) in [7, 11) is -7.45. The van der Waals surface area contributed by atoms with Crippen LogP contribution >= 0.6 is 0 Å². The Morgan fingerprint density at radius 2 is 1.15 bits per heavy atom. The molecule has 0 atom stereocenters. The fraction of sp³-hybridized carbons (Fsp3) is 0.629. The maximum absolute atomic E-state index is 13.5. The molecule has 11 heteroatoms. The number of anilines is 1. The van der Waals surface area contributed by atoms with Crippen LogP contribution in [0.4, 0.5) is 14.9 Å². The van der Waals surface area contributed by atoms with Gasteiger partial charge in [-0.3, -0.25) is 4.90 Å². The fourth-order valence-electron chi connectivity index (χ4n) is 8.91. The molecule has 2 aromatic rings. The van der Waals surface area contributed by atoms with Crippen molar-refractivity contribution in [2.75, 3.05) is 11.9 Å². The van der Waals surface area contributed by atoms with Crippen LogP contribution < -0.4 is 15.3 Å². The van der Waals surface area contributed by atoms with E-state index < -0.39 is 73.6 Å². The highest BCUT2D eigenvalue weighted by atomic mass is 28.4. The summed E-state index contributed by atoms with van der Waals surface area (Å²) in [5.41, 5.74) is 8.85. The fourth-order valence-corrected chi connectivity index (χ4v) is 69.9. The highest BCUT2D eigenvalue weighted by Crippen LogP contribution is 2.40. The minimum Gasteiger partial charge on any atom is -0.287 e. The van der Waals surface area contributed by atoms with Gasteiger partial charge in [0.2, 0.25) is 0 Å². The Labute approximate surface area is 294 Å². The predicted molar refractivity (Wildman–Crippen MR) is 232 cm³/mol. The third-order valence-corrected chi connectivity index (χ3v) is 53.5.